The summed E-state index contributed by atoms with van der Waals surface area (Å²) in [5.41, 5.74) is 2.25. The van der Waals surface area contributed by atoms with Gasteiger partial charge in [0.2, 0.25) is 0 Å². The summed E-state index contributed by atoms with van der Waals surface area (Å²) in [6, 6.07) is 17.9. The van der Waals surface area contributed by atoms with Crippen LogP contribution in [0.25, 0.3) is 0 Å². The Labute approximate surface area is 132 Å². The molecule has 2 rings (SSSR count). The normalized spacial score (nSPS) is 11.9. The highest BCUT2D eigenvalue weighted by Gasteiger charge is 2.05. The van der Waals surface area contributed by atoms with Crippen molar-refractivity contribution < 1.29 is 14.2 Å². The smallest absolute Gasteiger partial charge is 0.118 e. The van der Waals surface area contributed by atoms with E-state index in [1.807, 2.05) is 54.6 Å². The zero-order chi connectivity index (χ0) is 15.6. The van der Waals surface area contributed by atoms with Gasteiger partial charge in [0, 0.05) is 0 Å². The maximum absolute atomic E-state index is 5.80. The molecule has 0 saturated heterocycles. The van der Waals surface area contributed by atoms with Crippen molar-refractivity contribution in [1.82, 2.24) is 0 Å². The molecule has 0 N–H and O–H groups in total. The molecule has 0 saturated carbocycles. The number of hydrogen-bond acceptors (Lipinski definition) is 3. The number of rotatable bonds is 9. The Morgan fingerprint density at radius 3 is 2.27 bits per heavy atom. The van der Waals surface area contributed by atoms with Gasteiger partial charge in [0.25, 0.3) is 0 Å². The largest absolute Gasteiger partial charge is 0.497 e. The lowest BCUT2D eigenvalue weighted by molar-refractivity contribution is -0.00511. The topological polar surface area (TPSA) is 27.7 Å². The van der Waals surface area contributed by atoms with Gasteiger partial charge in [-0.25, -0.2) is 0 Å². The summed E-state index contributed by atoms with van der Waals surface area (Å²) < 4.78 is 16.6. The van der Waals surface area contributed by atoms with Crippen LogP contribution in [0.15, 0.2) is 67.3 Å². The first kappa shape index (κ1) is 16.3. The number of methoxy groups -OCH3 is 1. The predicted octanol–water partition coefficient (Wildman–Crippen LogP) is 3.98. The summed E-state index contributed by atoms with van der Waals surface area (Å²) in [6.07, 6.45) is 1.65. The monoisotopic (exact) mass is 298 g/mol. The van der Waals surface area contributed by atoms with Crippen LogP contribution in [0.4, 0.5) is 0 Å². The fraction of sp³-hybridized carbons (Fsp3) is 0.263. The zero-order valence-electron chi connectivity index (χ0n) is 12.9. The van der Waals surface area contributed by atoms with Crippen molar-refractivity contribution >= 4 is 0 Å². The number of hydrogen-bond donors (Lipinski definition) is 0. The quantitative estimate of drug-likeness (QED) is 0.655. The summed E-state index contributed by atoms with van der Waals surface area (Å²) in [7, 11) is 1.66. The highest BCUT2D eigenvalue weighted by atomic mass is 16.5. The van der Waals surface area contributed by atoms with Crippen LogP contribution in [-0.4, -0.2) is 19.8 Å². The van der Waals surface area contributed by atoms with Gasteiger partial charge in [0.15, 0.2) is 0 Å². The van der Waals surface area contributed by atoms with Crippen LogP contribution < -0.4 is 4.74 Å². The van der Waals surface area contributed by atoms with Gasteiger partial charge in [-0.15, -0.1) is 6.58 Å². The summed E-state index contributed by atoms with van der Waals surface area (Å²) in [6.45, 7) is 5.40. The first-order valence-corrected chi connectivity index (χ1v) is 7.30. The van der Waals surface area contributed by atoms with Crippen LogP contribution >= 0.6 is 0 Å². The van der Waals surface area contributed by atoms with Gasteiger partial charge < -0.3 is 14.2 Å². The van der Waals surface area contributed by atoms with E-state index in [4.69, 9.17) is 14.2 Å². The predicted molar refractivity (Wildman–Crippen MR) is 87.9 cm³/mol. The molecule has 116 valence electrons. The minimum absolute atomic E-state index is 0.120. The molecule has 2 aromatic rings. The second kappa shape index (κ2) is 9.03. The highest BCUT2D eigenvalue weighted by Crippen LogP contribution is 2.13. The Kier molecular flexibility index (Phi) is 6.68. The van der Waals surface area contributed by atoms with E-state index in [9.17, 15) is 0 Å². The minimum atomic E-state index is -0.120. The summed E-state index contributed by atoms with van der Waals surface area (Å²) in [5.74, 6) is 0.843. The van der Waals surface area contributed by atoms with Crippen molar-refractivity contribution in [3.8, 4) is 5.75 Å². The minimum Gasteiger partial charge on any atom is -0.497 e. The van der Waals surface area contributed by atoms with Gasteiger partial charge in [0.05, 0.1) is 33.0 Å². The number of ether oxygens (including phenoxy) is 3. The van der Waals surface area contributed by atoms with Crippen molar-refractivity contribution in [2.75, 3.05) is 13.7 Å². The van der Waals surface area contributed by atoms with Gasteiger partial charge in [-0.05, 0) is 23.3 Å². The molecule has 0 aliphatic carbocycles. The molecule has 0 aromatic heterocycles. The lowest BCUT2D eigenvalue weighted by Gasteiger charge is -2.14. The van der Waals surface area contributed by atoms with Crippen LogP contribution in [0.1, 0.15) is 11.1 Å². The molecule has 3 nitrogen and oxygen atoms in total. The van der Waals surface area contributed by atoms with Crippen molar-refractivity contribution in [3.05, 3.63) is 78.4 Å². The molecular formula is C19H22O3. The molecule has 0 fully saturated rings. The van der Waals surface area contributed by atoms with Crippen LogP contribution in [0.3, 0.4) is 0 Å². The lowest BCUT2D eigenvalue weighted by Crippen LogP contribution is -2.17. The van der Waals surface area contributed by atoms with Gasteiger partial charge >= 0.3 is 0 Å². The van der Waals surface area contributed by atoms with Gasteiger partial charge in [-0.2, -0.15) is 0 Å². The lowest BCUT2D eigenvalue weighted by atomic mass is 10.2. The van der Waals surface area contributed by atoms with Crippen LogP contribution in [0.2, 0.25) is 0 Å². The fourth-order valence-electron chi connectivity index (χ4n) is 1.98. The van der Waals surface area contributed by atoms with E-state index in [1.165, 1.54) is 0 Å². The summed E-state index contributed by atoms with van der Waals surface area (Å²) in [5, 5.41) is 0. The highest BCUT2D eigenvalue weighted by molar-refractivity contribution is 5.26. The first-order valence-electron chi connectivity index (χ1n) is 7.30. The third-order valence-electron chi connectivity index (χ3n) is 3.28. The standard InChI is InChI=1S/C19H22O3/c1-3-18(15-21-13-16-7-5-4-6-8-16)22-14-17-9-11-19(20-2)12-10-17/h3-12,18H,1,13-15H2,2H3/t18-/m0/s1. The molecule has 2 aromatic carbocycles. The molecule has 0 spiro atoms. The Morgan fingerprint density at radius 1 is 0.955 bits per heavy atom. The molecule has 1 atom stereocenters. The SMILES string of the molecule is C=C[C@@H](COCc1ccccc1)OCc1ccc(OC)cc1. The van der Waals surface area contributed by atoms with E-state index in [2.05, 4.69) is 6.58 Å². The molecule has 0 heterocycles. The number of benzene rings is 2. The first-order chi connectivity index (χ1) is 10.8. The third kappa shape index (κ3) is 5.35. The van der Waals surface area contributed by atoms with Crippen LogP contribution in [0.5, 0.6) is 5.75 Å². The van der Waals surface area contributed by atoms with Crippen molar-refractivity contribution in [3.63, 3.8) is 0 Å². The van der Waals surface area contributed by atoms with Crippen LogP contribution in [0, 0.1) is 0 Å². The molecule has 0 aliphatic rings. The van der Waals surface area contributed by atoms with Gasteiger partial charge in [0.1, 0.15) is 5.75 Å². The second-order valence-corrected chi connectivity index (χ2v) is 4.93. The average Bonchev–Trinajstić information content (AvgIpc) is 2.59. The van der Waals surface area contributed by atoms with Gasteiger partial charge in [-0.1, -0.05) is 48.5 Å². The molecule has 0 radical (unpaired) electrons. The third-order valence-corrected chi connectivity index (χ3v) is 3.28. The molecular weight excluding hydrogens is 276 g/mol. The molecule has 0 unspecified atom stereocenters. The Morgan fingerprint density at radius 2 is 1.64 bits per heavy atom. The molecule has 0 amide bonds. The van der Waals surface area contributed by atoms with Crippen molar-refractivity contribution in [1.29, 1.82) is 0 Å². The van der Waals surface area contributed by atoms with E-state index in [0.29, 0.717) is 19.8 Å². The Bertz CT molecular complexity index is 549. The Balaban J connectivity index is 1.73. The second-order valence-electron chi connectivity index (χ2n) is 4.93. The maximum Gasteiger partial charge on any atom is 0.118 e. The summed E-state index contributed by atoms with van der Waals surface area (Å²) in [4.78, 5) is 0. The van der Waals surface area contributed by atoms with Crippen molar-refractivity contribution in [2.45, 2.75) is 19.3 Å². The fourth-order valence-corrected chi connectivity index (χ4v) is 1.98. The molecule has 0 aliphatic heterocycles. The zero-order valence-corrected chi connectivity index (χ0v) is 12.9. The maximum atomic E-state index is 5.80. The average molecular weight is 298 g/mol. The van der Waals surface area contributed by atoms with Crippen molar-refractivity contribution in [2.24, 2.45) is 0 Å². The Hall–Kier alpha value is -2.10. The van der Waals surface area contributed by atoms with Gasteiger partial charge in [-0.3, -0.25) is 0 Å². The van der Waals surface area contributed by atoms with Crippen LogP contribution in [-0.2, 0) is 22.7 Å². The van der Waals surface area contributed by atoms with E-state index < -0.39 is 0 Å². The molecule has 22 heavy (non-hydrogen) atoms. The van der Waals surface area contributed by atoms with E-state index in [-0.39, 0.29) is 6.10 Å². The van der Waals surface area contributed by atoms with E-state index in [0.717, 1.165) is 16.9 Å². The molecule has 3 heteroatoms. The van der Waals surface area contributed by atoms with E-state index >= 15 is 0 Å². The summed E-state index contributed by atoms with van der Waals surface area (Å²) >= 11 is 0. The van der Waals surface area contributed by atoms with E-state index in [1.54, 1.807) is 13.2 Å². The molecule has 0 bridgehead atoms.